The molecule has 0 saturated heterocycles. The van der Waals surface area contributed by atoms with Crippen LogP contribution in [0, 0.1) is 0 Å². The first-order chi connectivity index (χ1) is 13.3. The topological polar surface area (TPSA) is 18.5 Å². The molecule has 0 unspecified atom stereocenters. The molecular formula is C24H35ClO2. The lowest BCUT2D eigenvalue weighted by atomic mass is 10.1. The van der Waals surface area contributed by atoms with E-state index >= 15 is 0 Å². The van der Waals surface area contributed by atoms with E-state index in [1.807, 2.05) is 18.2 Å². The average molecular weight is 391 g/mol. The van der Waals surface area contributed by atoms with Crippen molar-refractivity contribution in [1.82, 2.24) is 0 Å². The van der Waals surface area contributed by atoms with Gasteiger partial charge in [0.15, 0.2) is 11.5 Å². The first kappa shape index (κ1) is 21.9. The van der Waals surface area contributed by atoms with Crippen LogP contribution in [0.15, 0.2) is 30.3 Å². The van der Waals surface area contributed by atoms with Crippen LogP contribution in [0.3, 0.4) is 0 Å². The van der Waals surface area contributed by atoms with Gasteiger partial charge in [0.1, 0.15) is 0 Å². The maximum atomic E-state index is 6.55. The van der Waals surface area contributed by atoms with E-state index < -0.39 is 0 Å². The summed E-state index contributed by atoms with van der Waals surface area (Å²) >= 11 is 6.55. The van der Waals surface area contributed by atoms with E-state index in [2.05, 4.69) is 26.0 Å². The maximum Gasteiger partial charge on any atom is 0.180 e. The van der Waals surface area contributed by atoms with Gasteiger partial charge in [-0.05, 0) is 24.3 Å². The monoisotopic (exact) mass is 390 g/mol. The predicted molar refractivity (Wildman–Crippen MR) is 117 cm³/mol. The minimum atomic E-state index is 0.642. The Hall–Kier alpha value is -1.41. The van der Waals surface area contributed by atoms with Gasteiger partial charge < -0.3 is 9.47 Å². The molecule has 0 radical (unpaired) electrons. The molecule has 0 fully saturated rings. The largest absolute Gasteiger partial charge is 0.489 e. The minimum Gasteiger partial charge on any atom is -0.489 e. The van der Waals surface area contributed by atoms with E-state index in [0.717, 1.165) is 29.4 Å². The zero-order valence-electron chi connectivity index (χ0n) is 17.1. The van der Waals surface area contributed by atoms with Crippen molar-refractivity contribution >= 4 is 22.4 Å². The Morgan fingerprint density at radius 3 is 1.89 bits per heavy atom. The van der Waals surface area contributed by atoms with Crippen LogP contribution in [0.25, 0.3) is 10.8 Å². The quantitative estimate of drug-likeness (QED) is 0.302. The number of halogens is 1. The Morgan fingerprint density at radius 1 is 0.704 bits per heavy atom. The molecule has 0 bridgehead atoms. The highest BCUT2D eigenvalue weighted by atomic mass is 35.5. The van der Waals surface area contributed by atoms with Gasteiger partial charge in [-0.1, -0.05) is 101 Å². The standard InChI is InChI=1S/C24H35ClO2/c1-3-5-7-9-13-17-26-23-21-16-12-11-15-20(21)19-22(25)24(23)27-18-14-10-8-6-4-2/h11-12,15-16,19H,3-10,13-14,17-18H2,1-2H3. The average Bonchev–Trinajstić information content (AvgIpc) is 2.68. The van der Waals surface area contributed by atoms with Gasteiger partial charge in [-0.15, -0.1) is 0 Å². The van der Waals surface area contributed by atoms with E-state index in [9.17, 15) is 0 Å². The molecule has 27 heavy (non-hydrogen) atoms. The lowest BCUT2D eigenvalue weighted by Crippen LogP contribution is -2.04. The summed E-state index contributed by atoms with van der Waals surface area (Å²) < 4.78 is 12.3. The molecule has 0 heterocycles. The van der Waals surface area contributed by atoms with Crippen molar-refractivity contribution < 1.29 is 9.47 Å². The summed E-state index contributed by atoms with van der Waals surface area (Å²) in [6.45, 7) is 5.87. The molecular weight excluding hydrogens is 356 g/mol. The van der Waals surface area contributed by atoms with E-state index in [1.165, 1.54) is 51.4 Å². The fourth-order valence-electron chi connectivity index (χ4n) is 3.30. The number of benzene rings is 2. The van der Waals surface area contributed by atoms with Gasteiger partial charge in [0.2, 0.25) is 0 Å². The molecule has 0 aliphatic carbocycles. The molecule has 0 aliphatic rings. The van der Waals surface area contributed by atoms with Gasteiger partial charge in [-0.25, -0.2) is 0 Å². The van der Waals surface area contributed by atoms with Gasteiger partial charge in [0.05, 0.1) is 18.2 Å². The Labute approximate surface area is 170 Å². The van der Waals surface area contributed by atoms with Crippen LogP contribution in [0.1, 0.15) is 78.1 Å². The van der Waals surface area contributed by atoms with Crippen LogP contribution in [-0.4, -0.2) is 13.2 Å². The van der Waals surface area contributed by atoms with Crippen molar-refractivity contribution in [2.75, 3.05) is 13.2 Å². The highest BCUT2D eigenvalue weighted by Crippen LogP contribution is 2.42. The molecule has 0 amide bonds. The fraction of sp³-hybridized carbons (Fsp3) is 0.583. The fourth-order valence-corrected chi connectivity index (χ4v) is 3.56. The second kappa shape index (κ2) is 12.9. The summed E-state index contributed by atoms with van der Waals surface area (Å²) in [4.78, 5) is 0. The van der Waals surface area contributed by atoms with Crippen molar-refractivity contribution in [2.24, 2.45) is 0 Å². The summed E-state index contributed by atoms with van der Waals surface area (Å²) in [6.07, 6.45) is 12.2. The molecule has 2 rings (SSSR count). The van der Waals surface area contributed by atoms with E-state index in [1.54, 1.807) is 0 Å². The van der Waals surface area contributed by atoms with Crippen LogP contribution in [0.2, 0.25) is 5.02 Å². The first-order valence-electron chi connectivity index (χ1n) is 10.7. The van der Waals surface area contributed by atoms with Crippen molar-refractivity contribution in [3.8, 4) is 11.5 Å². The van der Waals surface area contributed by atoms with Gasteiger partial charge in [-0.2, -0.15) is 0 Å². The second-order valence-electron chi connectivity index (χ2n) is 7.26. The van der Waals surface area contributed by atoms with Gasteiger partial charge in [0, 0.05) is 5.39 Å². The van der Waals surface area contributed by atoms with E-state index in [-0.39, 0.29) is 0 Å². The molecule has 2 nitrogen and oxygen atoms in total. The molecule has 3 heteroatoms. The third kappa shape index (κ3) is 7.25. The molecule has 0 saturated carbocycles. The zero-order chi connectivity index (χ0) is 19.3. The Balaban J connectivity index is 2.03. The van der Waals surface area contributed by atoms with Crippen LogP contribution in [0.4, 0.5) is 0 Å². The summed E-state index contributed by atoms with van der Waals surface area (Å²) in [6, 6.07) is 10.2. The highest BCUT2D eigenvalue weighted by molar-refractivity contribution is 6.33. The Bertz CT molecular complexity index is 669. The lowest BCUT2D eigenvalue weighted by molar-refractivity contribution is 0.261. The highest BCUT2D eigenvalue weighted by Gasteiger charge is 2.15. The minimum absolute atomic E-state index is 0.642. The number of hydrogen-bond donors (Lipinski definition) is 0. The van der Waals surface area contributed by atoms with Crippen LogP contribution >= 0.6 is 11.6 Å². The van der Waals surface area contributed by atoms with Crippen molar-refractivity contribution in [2.45, 2.75) is 78.1 Å². The van der Waals surface area contributed by atoms with Gasteiger partial charge >= 0.3 is 0 Å². The number of fused-ring (bicyclic) bond motifs is 1. The van der Waals surface area contributed by atoms with Gasteiger partial charge in [-0.3, -0.25) is 0 Å². The maximum absolute atomic E-state index is 6.55. The zero-order valence-corrected chi connectivity index (χ0v) is 17.8. The number of unbranched alkanes of at least 4 members (excludes halogenated alkanes) is 8. The second-order valence-corrected chi connectivity index (χ2v) is 7.67. The predicted octanol–water partition coefficient (Wildman–Crippen LogP) is 8.19. The lowest BCUT2D eigenvalue weighted by Gasteiger charge is -2.17. The van der Waals surface area contributed by atoms with Crippen molar-refractivity contribution in [1.29, 1.82) is 0 Å². The number of hydrogen-bond acceptors (Lipinski definition) is 2. The number of ether oxygens (including phenoxy) is 2. The summed E-state index contributed by atoms with van der Waals surface area (Å²) in [5.74, 6) is 1.52. The van der Waals surface area contributed by atoms with Crippen LogP contribution in [0.5, 0.6) is 11.5 Å². The summed E-state index contributed by atoms with van der Waals surface area (Å²) in [5, 5.41) is 2.82. The van der Waals surface area contributed by atoms with Crippen LogP contribution in [-0.2, 0) is 0 Å². The third-order valence-electron chi connectivity index (χ3n) is 4.90. The number of rotatable bonds is 14. The van der Waals surface area contributed by atoms with E-state index in [4.69, 9.17) is 21.1 Å². The third-order valence-corrected chi connectivity index (χ3v) is 5.18. The molecule has 0 aromatic heterocycles. The Morgan fingerprint density at radius 2 is 1.26 bits per heavy atom. The van der Waals surface area contributed by atoms with Crippen LogP contribution < -0.4 is 9.47 Å². The van der Waals surface area contributed by atoms with Gasteiger partial charge in [0.25, 0.3) is 0 Å². The molecule has 2 aromatic rings. The molecule has 0 atom stereocenters. The van der Waals surface area contributed by atoms with E-state index in [0.29, 0.717) is 24.0 Å². The SMILES string of the molecule is CCCCCCCOc1c(Cl)cc2ccccc2c1OCCCCCCC. The first-order valence-corrected chi connectivity index (χ1v) is 11.1. The molecule has 2 aromatic carbocycles. The molecule has 150 valence electrons. The molecule has 0 aliphatic heterocycles. The smallest absolute Gasteiger partial charge is 0.180 e. The summed E-state index contributed by atoms with van der Waals surface area (Å²) in [5.41, 5.74) is 0. The normalized spacial score (nSPS) is 11.1. The van der Waals surface area contributed by atoms with Crippen molar-refractivity contribution in [3.05, 3.63) is 35.4 Å². The summed E-state index contributed by atoms with van der Waals surface area (Å²) in [7, 11) is 0. The molecule has 0 N–H and O–H groups in total. The Kier molecular flexibility index (Phi) is 10.4. The molecule has 0 spiro atoms. The van der Waals surface area contributed by atoms with Crippen molar-refractivity contribution in [3.63, 3.8) is 0 Å².